The fraction of sp³-hybridized carbons (Fsp3) is 0.350. The van der Waals surface area contributed by atoms with Gasteiger partial charge in [-0.1, -0.05) is 29.3 Å². The van der Waals surface area contributed by atoms with Crippen LogP contribution < -0.4 is 0 Å². The maximum Gasteiger partial charge on any atom is 0.343 e. The SMILES string of the molecule is CCOC(=O)c1c(C)nc2c(-c3c(C)cc(C)cc3C)c(C)nn2c1Cl. The average Bonchev–Trinajstić information content (AvgIpc) is 2.84. The van der Waals surface area contributed by atoms with Crippen LogP contribution >= 0.6 is 11.6 Å². The Hall–Kier alpha value is -2.40. The molecule has 3 rings (SSSR count). The van der Waals surface area contributed by atoms with E-state index in [4.69, 9.17) is 16.3 Å². The van der Waals surface area contributed by atoms with Crippen LogP contribution in [0.3, 0.4) is 0 Å². The highest BCUT2D eigenvalue weighted by Gasteiger charge is 2.24. The fourth-order valence-electron chi connectivity index (χ4n) is 3.53. The summed E-state index contributed by atoms with van der Waals surface area (Å²) in [5.41, 5.74) is 7.83. The molecular weight excluding hydrogens is 350 g/mol. The second-order valence-electron chi connectivity index (χ2n) is 6.55. The van der Waals surface area contributed by atoms with Gasteiger partial charge < -0.3 is 4.74 Å². The minimum atomic E-state index is -0.484. The molecule has 0 saturated heterocycles. The van der Waals surface area contributed by atoms with Gasteiger partial charge in [0.05, 0.1) is 23.6 Å². The number of esters is 1. The van der Waals surface area contributed by atoms with Gasteiger partial charge >= 0.3 is 5.97 Å². The van der Waals surface area contributed by atoms with Crippen molar-refractivity contribution in [3.05, 3.63) is 50.9 Å². The third-order valence-electron chi connectivity index (χ3n) is 4.47. The summed E-state index contributed by atoms with van der Waals surface area (Å²) < 4.78 is 6.64. The van der Waals surface area contributed by atoms with Gasteiger partial charge in [-0.25, -0.2) is 14.3 Å². The lowest BCUT2D eigenvalue weighted by Gasteiger charge is -2.12. The number of hydrogen-bond acceptors (Lipinski definition) is 4. The number of ether oxygens (including phenoxy) is 1. The van der Waals surface area contributed by atoms with Crippen LogP contribution in [0.25, 0.3) is 16.8 Å². The fourth-order valence-corrected chi connectivity index (χ4v) is 3.86. The summed E-state index contributed by atoms with van der Waals surface area (Å²) >= 11 is 6.51. The first-order valence-electron chi connectivity index (χ1n) is 8.57. The molecule has 0 unspecified atom stereocenters. The molecule has 26 heavy (non-hydrogen) atoms. The van der Waals surface area contributed by atoms with Crippen molar-refractivity contribution in [3.8, 4) is 11.1 Å². The number of hydrogen-bond donors (Lipinski definition) is 0. The quantitative estimate of drug-likeness (QED) is 0.491. The Kier molecular flexibility index (Phi) is 4.76. The maximum absolute atomic E-state index is 12.2. The molecule has 0 fully saturated rings. The van der Waals surface area contributed by atoms with Crippen molar-refractivity contribution in [1.82, 2.24) is 14.6 Å². The van der Waals surface area contributed by atoms with Crippen LogP contribution in [0, 0.1) is 34.6 Å². The molecule has 2 aromatic heterocycles. The molecule has 1 aromatic carbocycles. The molecule has 0 aliphatic rings. The highest BCUT2D eigenvalue weighted by Crippen LogP contribution is 2.35. The Labute approximate surface area is 158 Å². The third-order valence-corrected chi connectivity index (χ3v) is 4.82. The van der Waals surface area contributed by atoms with Crippen LogP contribution in [0.4, 0.5) is 0 Å². The zero-order valence-corrected chi connectivity index (χ0v) is 16.7. The standard InChI is InChI=1S/C20H22ClN3O2/c1-7-26-20(25)17-13(5)22-19-16(14(6)23-24(19)18(17)21)15-11(3)8-10(2)9-12(15)4/h8-9H,7H2,1-6H3. The number of aromatic nitrogens is 3. The average molecular weight is 372 g/mol. The van der Waals surface area contributed by atoms with Crippen molar-refractivity contribution in [2.24, 2.45) is 0 Å². The summed E-state index contributed by atoms with van der Waals surface area (Å²) in [5, 5.41) is 4.78. The first kappa shape index (κ1) is 18.4. The molecule has 0 saturated carbocycles. The number of halogens is 1. The molecule has 0 bridgehead atoms. The first-order chi connectivity index (χ1) is 12.3. The predicted molar refractivity (Wildman–Crippen MR) is 103 cm³/mol. The number of aryl methyl sites for hydroxylation is 5. The molecule has 5 nitrogen and oxygen atoms in total. The Morgan fingerprint density at radius 1 is 1.08 bits per heavy atom. The van der Waals surface area contributed by atoms with Gasteiger partial charge in [0.1, 0.15) is 10.7 Å². The second-order valence-corrected chi connectivity index (χ2v) is 6.91. The van der Waals surface area contributed by atoms with E-state index in [1.54, 1.807) is 13.8 Å². The predicted octanol–water partition coefficient (Wildman–Crippen LogP) is 4.77. The van der Waals surface area contributed by atoms with Crippen molar-refractivity contribution in [2.75, 3.05) is 6.61 Å². The Morgan fingerprint density at radius 2 is 1.69 bits per heavy atom. The van der Waals surface area contributed by atoms with Gasteiger partial charge in [0.15, 0.2) is 5.65 Å². The molecule has 0 aliphatic heterocycles. The Morgan fingerprint density at radius 3 is 2.27 bits per heavy atom. The van der Waals surface area contributed by atoms with Crippen LogP contribution in [0.1, 0.15) is 45.4 Å². The van der Waals surface area contributed by atoms with E-state index in [1.807, 2.05) is 6.92 Å². The van der Waals surface area contributed by atoms with E-state index in [0.29, 0.717) is 11.3 Å². The Balaban J connectivity index is 2.34. The lowest BCUT2D eigenvalue weighted by molar-refractivity contribution is 0.0524. The molecule has 0 atom stereocenters. The molecule has 3 aromatic rings. The summed E-state index contributed by atoms with van der Waals surface area (Å²) in [7, 11) is 0. The van der Waals surface area contributed by atoms with Crippen molar-refractivity contribution < 1.29 is 9.53 Å². The minimum Gasteiger partial charge on any atom is -0.462 e. The lowest BCUT2D eigenvalue weighted by Crippen LogP contribution is -2.12. The van der Waals surface area contributed by atoms with E-state index >= 15 is 0 Å². The van der Waals surface area contributed by atoms with Gasteiger partial charge in [0, 0.05) is 0 Å². The molecular formula is C20H22ClN3O2. The zero-order chi connectivity index (χ0) is 19.2. The number of carbonyl (C=O) groups is 1. The van der Waals surface area contributed by atoms with E-state index < -0.39 is 5.97 Å². The normalized spacial score (nSPS) is 11.2. The van der Waals surface area contributed by atoms with Gasteiger partial charge in [-0.15, -0.1) is 0 Å². The highest BCUT2D eigenvalue weighted by molar-refractivity contribution is 6.33. The van der Waals surface area contributed by atoms with Gasteiger partial charge in [-0.2, -0.15) is 5.10 Å². The molecule has 0 aliphatic carbocycles. The molecule has 2 heterocycles. The van der Waals surface area contributed by atoms with Crippen molar-refractivity contribution >= 4 is 23.2 Å². The molecule has 6 heteroatoms. The lowest BCUT2D eigenvalue weighted by atomic mass is 9.94. The van der Waals surface area contributed by atoms with Crippen LogP contribution in [-0.2, 0) is 4.74 Å². The molecule has 0 amide bonds. The summed E-state index contributed by atoms with van der Waals surface area (Å²) in [6.07, 6.45) is 0. The number of rotatable bonds is 3. The van der Waals surface area contributed by atoms with Gasteiger partial charge in [0.2, 0.25) is 0 Å². The summed E-state index contributed by atoms with van der Waals surface area (Å²) in [4.78, 5) is 16.9. The van der Waals surface area contributed by atoms with E-state index in [0.717, 1.165) is 27.9 Å². The maximum atomic E-state index is 12.2. The zero-order valence-electron chi connectivity index (χ0n) is 15.9. The van der Waals surface area contributed by atoms with Crippen LogP contribution in [0.5, 0.6) is 0 Å². The number of nitrogens with zero attached hydrogens (tertiary/aromatic N) is 3. The van der Waals surface area contributed by atoms with Gasteiger partial charge in [0.25, 0.3) is 0 Å². The van der Waals surface area contributed by atoms with Gasteiger partial charge in [-0.05, 0) is 58.2 Å². The van der Waals surface area contributed by atoms with Crippen molar-refractivity contribution in [1.29, 1.82) is 0 Å². The van der Waals surface area contributed by atoms with Crippen LogP contribution in [0.15, 0.2) is 12.1 Å². The van der Waals surface area contributed by atoms with Crippen molar-refractivity contribution in [3.63, 3.8) is 0 Å². The van der Waals surface area contributed by atoms with Gasteiger partial charge in [-0.3, -0.25) is 0 Å². The number of fused-ring (bicyclic) bond motifs is 1. The monoisotopic (exact) mass is 371 g/mol. The van der Waals surface area contributed by atoms with Crippen molar-refractivity contribution in [2.45, 2.75) is 41.5 Å². The van der Waals surface area contributed by atoms with Crippen LogP contribution in [-0.4, -0.2) is 27.2 Å². The van der Waals surface area contributed by atoms with E-state index in [2.05, 4.69) is 43.0 Å². The topological polar surface area (TPSA) is 56.5 Å². The third kappa shape index (κ3) is 2.86. The molecule has 0 N–H and O–H groups in total. The Bertz CT molecular complexity index is 1010. The van der Waals surface area contributed by atoms with E-state index in [1.165, 1.54) is 10.1 Å². The largest absolute Gasteiger partial charge is 0.462 e. The summed E-state index contributed by atoms with van der Waals surface area (Å²) in [6, 6.07) is 4.29. The highest BCUT2D eigenvalue weighted by atomic mass is 35.5. The summed E-state index contributed by atoms with van der Waals surface area (Å²) in [5.74, 6) is -0.484. The number of benzene rings is 1. The minimum absolute atomic E-state index is 0.225. The first-order valence-corrected chi connectivity index (χ1v) is 8.94. The van der Waals surface area contributed by atoms with E-state index in [-0.39, 0.29) is 17.3 Å². The smallest absolute Gasteiger partial charge is 0.343 e. The molecule has 136 valence electrons. The number of carbonyl (C=O) groups excluding carboxylic acids is 1. The second kappa shape index (κ2) is 6.72. The van der Waals surface area contributed by atoms with E-state index in [9.17, 15) is 4.79 Å². The molecule has 0 radical (unpaired) electrons. The summed E-state index contributed by atoms with van der Waals surface area (Å²) in [6.45, 7) is 12.0. The molecule has 0 spiro atoms. The van der Waals surface area contributed by atoms with Crippen LogP contribution in [0.2, 0.25) is 5.15 Å².